The Hall–Kier alpha value is -2.98. The number of nitrogens with one attached hydrogen (secondary N) is 1. The average molecular weight is 433 g/mol. The van der Waals surface area contributed by atoms with Crippen LogP contribution in [-0.4, -0.2) is 54.8 Å². The van der Waals surface area contributed by atoms with Crippen molar-refractivity contribution in [2.45, 2.75) is 24.2 Å². The lowest BCUT2D eigenvalue weighted by molar-refractivity contribution is -0.123. The van der Waals surface area contributed by atoms with Gasteiger partial charge in [0.2, 0.25) is 10.0 Å². The molecule has 2 amide bonds. The maximum absolute atomic E-state index is 12.8. The number of hydrogen-bond donors (Lipinski definition) is 1. The van der Waals surface area contributed by atoms with E-state index in [-0.39, 0.29) is 16.2 Å². The van der Waals surface area contributed by atoms with Gasteiger partial charge in [0.1, 0.15) is 5.69 Å². The van der Waals surface area contributed by atoms with Gasteiger partial charge in [-0.1, -0.05) is 12.5 Å². The number of aromatic nitrogens is 1. The van der Waals surface area contributed by atoms with Crippen molar-refractivity contribution >= 4 is 27.8 Å². The fourth-order valence-electron chi connectivity index (χ4n) is 3.18. The summed E-state index contributed by atoms with van der Waals surface area (Å²) in [5.41, 5.74) is 0.292. The first-order valence-corrected chi connectivity index (χ1v) is 11.0. The molecule has 1 saturated heterocycles. The number of carbonyl (C=O) groups excluding carboxylic acids is 3. The molecule has 0 bridgehead atoms. The second-order valence-corrected chi connectivity index (χ2v) is 8.89. The van der Waals surface area contributed by atoms with Crippen molar-refractivity contribution < 1.29 is 27.5 Å². The van der Waals surface area contributed by atoms with Crippen LogP contribution in [0.3, 0.4) is 0 Å². The predicted octanol–water partition coefficient (Wildman–Crippen LogP) is 1.31. The Bertz CT molecular complexity index is 1050. The molecule has 0 spiro atoms. The minimum atomic E-state index is -3.70. The van der Waals surface area contributed by atoms with Crippen LogP contribution in [0.5, 0.6) is 0 Å². The highest BCUT2D eigenvalue weighted by atomic mass is 32.2. The third kappa shape index (κ3) is 4.95. The fourth-order valence-corrected chi connectivity index (χ4v) is 4.74. The normalized spacial score (nSPS) is 14.8. The zero-order valence-electron chi connectivity index (χ0n) is 16.5. The number of amides is 2. The molecule has 1 aromatic carbocycles. The number of imide groups is 1. The quantitative estimate of drug-likeness (QED) is 0.687. The molecule has 2 heterocycles. The van der Waals surface area contributed by atoms with Crippen molar-refractivity contribution in [3.8, 4) is 0 Å². The summed E-state index contributed by atoms with van der Waals surface area (Å²) in [4.78, 5) is 36.2. The molecule has 10 heteroatoms. The smallest absolute Gasteiger partial charge is 0.338 e. The summed E-state index contributed by atoms with van der Waals surface area (Å²) in [5, 5.41) is 2.13. The number of piperidine rings is 1. The van der Waals surface area contributed by atoms with Crippen LogP contribution in [0.1, 0.15) is 40.1 Å². The van der Waals surface area contributed by atoms with Gasteiger partial charge in [-0.15, -0.1) is 0 Å². The highest BCUT2D eigenvalue weighted by Crippen LogP contribution is 2.21. The first-order valence-electron chi connectivity index (χ1n) is 9.52. The lowest BCUT2D eigenvalue weighted by Crippen LogP contribution is -2.35. The molecule has 160 valence electrons. The molecule has 0 aliphatic carbocycles. The van der Waals surface area contributed by atoms with Gasteiger partial charge < -0.3 is 9.30 Å². The van der Waals surface area contributed by atoms with E-state index in [2.05, 4.69) is 5.32 Å². The summed E-state index contributed by atoms with van der Waals surface area (Å²) in [6.45, 7) is 0.233. The number of sulfonamides is 1. The van der Waals surface area contributed by atoms with Gasteiger partial charge in [-0.05, 0) is 43.2 Å². The number of carbonyl (C=O) groups is 3. The monoisotopic (exact) mass is 433 g/mol. The van der Waals surface area contributed by atoms with E-state index in [1.54, 1.807) is 29.9 Å². The molecule has 1 N–H and O–H groups in total. The van der Waals surface area contributed by atoms with Gasteiger partial charge in [0.15, 0.2) is 6.61 Å². The van der Waals surface area contributed by atoms with E-state index >= 15 is 0 Å². The number of esters is 1. The Kier molecular flexibility index (Phi) is 6.68. The summed E-state index contributed by atoms with van der Waals surface area (Å²) in [6, 6.07) is 8.72. The Morgan fingerprint density at radius 1 is 1.07 bits per heavy atom. The third-order valence-corrected chi connectivity index (χ3v) is 6.68. The summed E-state index contributed by atoms with van der Waals surface area (Å²) >= 11 is 0. The number of hydrogen-bond acceptors (Lipinski definition) is 6. The van der Waals surface area contributed by atoms with Crippen LogP contribution in [0.15, 0.2) is 47.5 Å². The van der Waals surface area contributed by atoms with Crippen molar-refractivity contribution in [3.63, 3.8) is 0 Å². The molecule has 9 nitrogen and oxygen atoms in total. The number of nitrogens with zero attached hydrogens (tertiary/aromatic N) is 2. The van der Waals surface area contributed by atoms with E-state index in [1.165, 1.54) is 28.6 Å². The molecule has 1 aromatic heterocycles. The molecule has 2 aromatic rings. The van der Waals surface area contributed by atoms with Gasteiger partial charge in [0, 0.05) is 26.3 Å². The van der Waals surface area contributed by atoms with E-state index in [4.69, 9.17) is 4.74 Å². The first-order chi connectivity index (χ1) is 14.3. The van der Waals surface area contributed by atoms with Gasteiger partial charge in [0.05, 0.1) is 10.5 Å². The van der Waals surface area contributed by atoms with Crippen molar-refractivity contribution in [1.29, 1.82) is 0 Å². The number of ether oxygens (including phenoxy) is 1. The minimum absolute atomic E-state index is 0.00203. The van der Waals surface area contributed by atoms with Gasteiger partial charge in [-0.2, -0.15) is 4.31 Å². The Balaban J connectivity index is 1.60. The van der Waals surface area contributed by atoms with Crippen molar-refractivity contribution in [3.05, 3.63) is 53.9 Å². The average Bonchev–Trinajstić information content (AvgIpc) is 3.18. The van der Waals surface area contributed by atoms with E-state index in [0.717, 1.165) is 19.3 Å². The van der Waals surface area contributed by atoms with E-state index < -0.39 is 34.4 Å². The zero-order valence-corrected chi connectivity index (χ0v) is 17.4. The standard InChI is InChI=1S/C20H23N3O6S/c1-22-10-6-9-17(22)19(25)21-18(24)14-29-20(26)15-7-5-8-16(13-15)30(27,28)23-11-3-2-4-12-23/h5-10,13H,2-4,11-12,14H2,1H3,(H,21,24,25). The molecule has 0 unspecified atom stereocenters. The SMILES string of the molecule is Cn1cccc1C(=O)NC(=O)COC(=O)c1cccc(S(=O)(=O)N2CCCCC2)c1. The molecule has 30 heavy (non-hydrogen) atoms. The Labute approximate surface area is 174 Å². The predicted molar refractivity (Wildman–Crippen MR) is 107 cm³/mol. The second-order valence-electron chi connectivity index (χ2n) is 6.95. The van der Waals surface area contributed by atoms with Crippen LogP contribution in [0.2, 0.25) is 0 Å². The van der Waals surface area contributed by atoms with Crippen LogP contribution in [0.25, 0.3) is 0 Å². The third-order valence-electron chi connectivity index (χ3n) is 4.79. The van der Waals surface area contributed by atoms with E-state index in [0.29, 0.717) is 13.1 Å². The topological polar surface area (TPSA) is 115 Å². The number of benzene rings is 1. The summed E-state index contributed by atoms with van der Waals surface area (Å²) in [5.74, 6) is -2.25. The van der Waals surface area contributed by atoms with Crippen LogP contribution in [0.4, 0.5) is 0 Å². The second kappa shape index (κ2) is 9.23. The van der Waals surface area contributed by atoms with Gasteiger partial charge in [0.25, 0.3) is 11.8 Å². The Morgan fingerprint density at radius 2 is 1.80 bits per heavy atom. The molecule has 1 aliphatic rings. The zero-order chi connectivity index (χ0) is 21.7. The summed E-state index contributed by atoms with van der Waals surface area (Å²) in [6.07, 6.45) is 4.26. The van der Waals surface area contributed by atoms with Crippen LogP contribution >= 0.6 is 0 Å². The molecule has 3 rings (SSSR count). The largest absolute Gasteiger partial charge is 0.452 e. The molecule has 0 saturated carbocycles. The van der Waals surface area contributed by atoms with E-state index in [1.807, 2.05) is 0 Å². The number of rotatable bonds is 6. The molecule has 0 atom stereocenters. The summed E-state index contributed by atoms with van der Waals surface area (Å²) in [7, 11) is -2.04. The fraction of sp³-hybridized carbons (Fsp3) is 0.350. The lowest BCUT2D eigenvalue weighted by Gasteiger charge is -2.25. The molecular formula is C20H23N3O6S. The van der Waals surface area contributed by atoms with Crippen LogP contribution in [0, 0.1) is 0 Å². The van der Waals surface area contributed by atoms with Crippen molar-refractivity contribution in [2.75, 3.05) is 19.7 Å². The summed E-state index contributed by atoms with van der Waals surface area (Å²) < 4.78 is 33.4. The van der Waals surface area contributed by atoms with Crippen molar-refractivity contribution in [1.82, 2.24) is 14.2 Å². The molecule has 1 fully saturated rings. The molecule has 1 aliphatic heterocycles. The highest BCUT2D eigenvalue weighted by Gasteiger charge is 2.26. The van der Waals surface area contributed by atoms with Crippen molar-refractivity contribution in [2.24, 2.45) is 7.05 Å². The number of aryl methyl sites for hydroxylation is 1. The van der Waals surface area contributed by atoms with Crippen LogP contribution in [-0.2, 0) is 26.6 Å². The molecular weight excluding hydrogens is 410 g/mol. The minimum Gasteiger partial charge on any atom is -0.452 e. The van der Waals surface area contributed by atoms with Gasteiger partial charge in [-0.3, -0.25) is 14.9 Å². The maximum atomic E-state index is 12.8. The molecule has 0 radical (unpaired) electrons. The maximum Gasteiger partial charge on any atom is 0.338 e. The highest BCUT2D eigenvalue weighted by molar-refractivity contribution is 7.89. The Morgan fingerprint density at radius 3 is 2.47 bits per heavy atom. The van der Waals surface area contributed by atoms with Gasteiger partial charge >= 0.3 is 5.97 Å². The first kappa shape index (κ1) is 21.7. The van der Waals surface area contributed by atoms with Crippen LogP contribution < -0.4 is 5.32 Å². The van der Waals surface area contributed by atoms with Gasteiger partial charge in [-0.25, -0.2) is 13.2 Å². The van der Waals surface area contributed by atoms with E-state index in [9.17, 15) is 22.8 Å². The lowest BCUT2D eigenvalue weighted by atomic mass is 10.2.